The van der Waals surface area contributed by atoms with Crippen molar-refractivity contribution in [2.24, 2.45) is 0 Å². The highest BCUT2D eigenvalue weighted by molar-refractivity contribution is 7.09. The third-order valence-electron chi connectivity index (χ3n) is 3.22. The van der Waals surface area contributed by atoms with Crippen LogP contribution in [-0.4, -0.2) is 15.6 Å². The summed E-state index contributed by atoms with van der Waals surface area (Å²) in [5.74, 6) is -1.00. The fraction of sp³-hybridized carbons (Fsp3) is 0.333. The SMILES string of the molecule is CCc1ccc(-c2c(CC)sc(=O)n2CC(=O)O)cc1. The largest absolute Gasteiger partial charge is 0.480 e. The first-order chi connectivity index (χ1) is 9.56. The van der Waals surface area contributed by atoms with E-state index in [1.807, 2.05) is 31.2 Å². The van der Waals surface area contributed by atoms with Crippen molar-refractivity contribution in [3.05, 3.63) is 44.4 Å². The van der Waals surface area contributed by atoms with Crippen molar-refractivity contribution in [1.29, 1.82) is 0 Å². The minimum absolute atomic E-state index is 0.209. The van der Waals surface area contributed by atoms with Gasteiger partial charge in [0.25, 0.3) is 0 Å². The van der Waals surface area contributed by atoms with E-state index in [1.165, 1.54) is 10.1 Å². The number of aliphatic carboxylic acids is 1. The molecule has 0 atom stereocenters. The number of hydrogen-bond acceptors (Lipinski definition) is 3. The zero-order chi connectivity index (χ0) is 14.7. The summed E-state index contributed by atoms with van der Waals surface area (Å²) in [6.07, 6.45) is 1.67. The van der Waals surface area contributed by atoms with Crippen LogP contribution in [-0.2, 0) is 24.2 Å². The average Bonchev–Trinajstić information content (AvgIpc) is 2.75. The monoisotopic (exact) mass is 291 g/mol. The third-order valence-corrected chi connectivity index (χ3v) is 4.34. The Morgan fingerprint density at radius 3 is 2.35 bits per heavy atom. The molecule has 0 radical (unpaired) electrons. The smallest absolute Gasteiger partial charge is 0.323 e. The Kier molecular flexibility index (Phi) is 4.39. The lowest BCUT2D eigenvalue weighted by Gasteiger charge is -2.08. The topological polar surface area (TPSA) is 59.3 Å². The van der Waals surface area contributed by atoms with Gasteiger partial charge in [0.2, 0.25) is 0 Å². The Bertz CT molecular complexity index is 667. The van der Waals surface area contributed by atoms with Crippen molar-refractivity contribution in [3.63, 3.8) is 0 Å². The molecule has 2 aromatic rings. The predicted molar refractivity (Wildman–Crippen MR) is 80.4 cm³/mol. The summed E-state index contributed by atoms with van der Waals surface area (Å²) < 4.78 is 1.35. The van der Waals surface area contributed by atoms with Gasteiger partial charge in [0, 0.05) is 4.88 Å². The lowest BCUT2D eigenvalue weighted by Crippen LogP contribution is -2.19. The van der Waals surface area contributed by atoms with Gasteiger partial charge in [-0.15, -0.1) is 0 Å². The van der Waals surface area contributed by atoms with E-state index < -0.39 is 5.97 Å². The Balaban J connectivity index is 2.57. The normalized spacial score (nSPS) is 10.7. The Labute approximate surface area is 121 Å². The zero-order valence-electron chi connectivity index (χ0n) is 11.5. The van der Waals surface area contributed by atoms with Gasteiger partial charge in [-0.2, -0.15) is 0 Å². The van der Waals surface area contributed by atoms with E-state index >= 15 is 0 Å². The summed E-state index contributed by atoms with van der Waals surface area (Å²) in [6, 6.07) is 7.94. The van der Waals surface area contributed by atoms with E-state index in [-0.39, 0.29) is 11.4 Å². The second-order valence-corrected chi connectivity index (χ2v) is 5.57. The molecule has 1 aromatic carbocycles. The molecule has 0 saturated carbocycles. The van der Waals surface area contributed by atoms with Gasteiger partial charge in [0.1, 0.15) is 6.54 Å². The molecule has 0 unspecified atom stereocenters. The summed E-state index contributed by atoms with van der Waals surface area (Å²) in [4.78, 5) is 23.6. The third kappa shape index (κ3) is 2.82. The maximum absolute atomic E-state index is 12.0. The summed E-state index contributed by atoms with van der Waals surface area (Å²) in [5.41, 5.74) is 2.86. The fourth-order valence-electron chi connectivity index (χ4n) is 2.18. The summed E-state index contributed by atoms with van der Waals surface area (Å²) in [7, 11) is 0. The van der Waals surface area contributed by atoms with Gasteiger partial charge < -0.3 is 5.11 Å². The molecule has 0 saturated heterocycles. The molecule has 1 N–H and O–H groups in total. The van der Waals surface area contributed by atoms with Crippen LogP contribution in [0.1, 0.15) is 24.3 Å². The van der Waals surface area contributed by atoms with Crippen molar-refractivity contribution in [2.45, 2.75) is 33.2 Å². The molecular weight excluding hydrogens is 274 g/mol. The summed E-state index contributed by atoms with van der Waals surface area (Å²) in [6.45, 7) is 3.76. The van der Waals surface area contributed by atoms with Gasteiger partial charge in [-0.25, -0.2) is 0 Å². The van der Waals surface area contributed by atoms with E-state index in [4.69, 9.17) is 5.11 Å². The Morgan fingerprint density at radius 2 is 1.85 bits per heavy atom. The highest BCUT2D eigenvalue weighted by Crippen LogP contribution is 2.26. The second-order valence-electron chi connectivity index (χ2n) is 4.52. The van der Waals surface area contributed by atoms with E-state index in [0.29, 0.717) is 0 Å². The van der Waals surface area contributed by atoms with Gasteiger partial charge in [-0.1, -0.05) is 49.4 Å². The number of aryl methyl sites for hydroxylation is 2. The zero-order valence-corrected chi connectivity index (χ0v) is 12.4. The minimum Gasteiger partial charge on any atom is -0.480 e. The number of thiazole rings is 1. The van der Waals surface area contributed by atoms with Crippen molar-refractivity contribution in [3.8, 4) is 11.3 Å². The van der Waals surface area contributed by atoms with Crippen LogP contribution in [0.5, 0.6) is 0 Å². The van der Waals surface area contributed by atoms with Crippen LogP contribution < -0.4 is 4.87 Å². The molecule has 0 bridgehead atoms. The molecule has 0 amide bonds. The number of rotatable bonds is 5. The van der Waals surface area contributed by atoms with E-state index in [0.717, 1.165) is 40.3 Å². The maximum atomic E-state index is 12.0. The van der Waals surface area contributed by atoms with Crippen LogP contribution in [0, 0.1) is 0 Å². The molecule has 0 fully saturated rings. The quantitative estimate of drug-likeness (QED) is 0.921. The van der Waals surface area contributed by atoms with Crippen molar-refractivity contribution >= 4 is 17.3 Å². The van der Waals surface area contributed by atoms with Crippen LogP contribution in [0.4, 0.5) is 0 Å². The summed E-state index contributed by atoms with van der Waals surface area (Å²) >= 11 is 1.13. The fourth-order valence-corrected chi connectivity index (χ4v) is 3.13. The molecule has 1 heterocycles. The minimum atomic E-state index is -1.00. The Morgan fingerprint density at radius 1 is 1.20 bits per heavy atom. The number of aromatic nitrogens is 1. The number of hydrogen-bond donors (Lipinski definition) is 1. The first kappa shape index (κ1) is 14.5. The molecule has 1 aromatic heterocycles. The first-order valence-corrected chi connectivity index (χ1v) is 7.42. The molecule has 5 heteroatoms. The standard InChI is InChI=1S/C15H17NO3S/c1-3-10-5-7-11(8-6-10)14-12(4-2)20-15(19)16(14)9-13(17)18/h5-8H,3-4,9H2,1-2H3,(H,17,18). The highest BCUT2D eigenvalue weighted by Gasteiger charge is 2.17. The Hall–Kier alpha value is -1.88. The van der Waals surface area contributed by atoms with E-state index in [2.05, 4.69) is 6.92 Å². The second kappa shape index (κ2) is 6.05. The molecule has 0 aliphatic rings. The molecule has 0 aliphatic carbocycles. The average molecular weight is 291 g/mol. The molecule has 0 aliphatic heterocycles. The molecule has 2 rings (SSSR count). The van der Waals surface area contributed by atoms with Crippen LogP contribution in [0.15, 0.2) is 29.1 Å². The molecule has 4 nitrogen and oxygen atoms in total. The lowest BCUT2D eigenvalue weighted by atomic mass is 10.1. The predicted octanol–water partition coefficient (Wildman–Crippen LogP) is 2.79. The number of carboxylic acids is 1. The van der Waals surface area contributed by atoms with Crippen LogP contribution in [0.2, 0.25) is 0 Å². The summed E-state index contributed by atoms with van der Waals surface area (Å²) in [5, 5.41) is 8.97. The molecule has 0 spiro atoms. The van der Waals surface area contributed by atoms with Crippen LogP contribution >= 0.6 is 11.3 Å². The first-order valence-electron chi connectivity index (χ1n) is 6.60. The maximum Gasteiger partial charge on any atom is 0.323 e. The van der Waals surface area contributed by atoms with Gasteiger partial charge in [0.05, 0.1) is 5.69 Å². The molecular formula is C15H17NO3S. The number of nitrogens with zero attached hydrogens (tertiary/aromatic N) is 1. The lowest BCUT2D eigenvalue weighted by molar-refractivity contribution is -0.137. The number of carboxylic acid groups (broad SMARTS) is 1. The van der Waals surface area contributed by atoms with Crippen LogP contribution in [0.25, 0.3) is 11.3 Å². The van der Waals surface area contributed by atoms with Crippen molar-refractivity contribution in [1.82, 2.24) is 4.57 Å². The van der Waals surface area contributed by atoms with Gasteiger partial charge in [-0.05, 0) is 24.0 Å². The van der Waals surface area contributed by atoms with Crippen LogP contribution in [0.3, 0.4) is 0 Å². The van der Waals surface area contributed by atoms with Gasteiger partial charge in [-0.3, -0.25) is 14.2 Å². The van der Waals surface area contributed by atoms with Gasteiger partial charge >= 0.3 is 10.8 Å². The van der Waals surface area contributed by atoms with E-state index in [9.17, 15) is 9.59 Å². The van der Waals surface area contributed by atoms with Crippen molar-refractivity contribution < 1.29 is 9.90 Å². The number of carbonyl (C=O) groups is 1. The van der Waals surface area contributed by atoms with Crippen molar-refractivity contribution in [2.75, 3.05) is 0 Å². The highest BCUT2D eigenvalue weighted by atomic mass is 32.1. The number of benzene rings is 1. The molecule has 20 heavy (non-hydrogen) atoms. The van der Waals surface area contributed by atoms with Gasteiger partial charge in [0.15, 0.2) is 0 Å². The van der Waals surface area contributed by atoms with E-state index in [1.54, 1.807) is 0 Å². The molecule has 106 valence electrons.